The van der Waals surface area contributed by atoms with Crippen LogP contribution in [0.4, 0.5) is 13.2 Å². The Balaban J connectivity index is 2.59. The molecule has 0 saturated carbocycles. The van der Waals surface area contributed by atoms with Gasteiger partial charge in [0.1, 0.15) is 12.7 Å². The molecule has 124 valence electrons. The molecule has 23 heavy (non-hydrogen) atoms. The van der Waals surface area contributed by atoms with Crippen LogP contribution < -0.4 is 16.3 Å². The summed E-state index contributed by atoms with van der Waals surface area (Å²) in [6.45, 7) is 1.37. The van der Waals surface area contributed by atoms with Gasteiger partial charge in [0.05, 0.1) is 0 Å². The van der Waals surface area contributed by atoms with E-state index in [4.69, 9.17) is 5.73 Å². The van der Waals surface area contributed by atoms with Crippen molar-refractivity contribution >= 4 is 17.8 Å². The summed E-state index contributed by atoms with van der Waals surface area (Å²) in [5, 5.41) is 0.775. The zero-order valence-corrected chi connectivity index (χ0v) is 13.6. The average molecular weight is 341 g/mol. The molecule has 0 radical (unpaired) electrons. The minimum Gasteiger partial charge on any atom is -0.317 e. The highest BCUT2D eigenvalue weighted by Crippen LogP contribution is 2.49. The van der Waals surface area contributed by atoms with Crippen molar-refractivity contribution in [3.05, 3.63) is 60.7 Å². The monoisotopic (exact) mass is 341 g/mol. The molecule has 0 aliphatic heterocycles. The van der Waals surface area contributed by atoms with Crippen LogP contribution in [0.5, 0.6) is 0 Å². The number of alkyl halides is 3. The zero-order valence-electron chi connectivity index (χ0n) is 12.8. The Labute approximate surface area is 133 Å². The van der Waals surface area contributed by atoms with Crippen LogP contribution in [-0.2, 0) is 4.57 Å². The van der Waals surface area contributed by atoms with Gasteiger partial charge < -0.3 is 10.3 Å². The van der Waals surface area contributed by atoms with E-state index in [-0.39, 0.29) is 6.42 Å². The molecular formula is C17H19F3NOP. The van der Waals surface area contributed by atoms with Crippen molar-refractivity contribution in [2.75, 3.05) is 6.16 Å². The van der Waals surface area contributed by atoms with Crippen molar-refractivity contribution in [3.63, 3.8) is 0 Å². The highest BCUT2D eigenvalue weighted by molar-refractivity contribution is 7.78. The fraction of sp³-hybridized carbons (Fsp3) is 0.294. The largest absolute Gasteiger partial charge is 0.406 e. The lowest BCUT2D eigenvalue weighted by Crippen LogP contribution is -2.56. The summed E-state index contributed by atoms with van der Waals surface area (Å²) >= 11 is 0. The lowest BCUT2D eigenvalue weighted by molar-refractivity contribution is -0.180. The molecule has 2 nitrogen and oxygen atoms in total. The van der Waals surface area contributed by atoms with Crippen LogP contribution in [0.15, 0.2) is 60.7 Å². The maximum Gasteiger partial charge on any atom is 0.406 e. The summed E-state index contributed by atoms with van der Waals surface area (Å²) in [6, 6.07) is 16.5. The van der Waals surface area contributed by atoms with E-state index >= 15 is 0 Å². The zero-order chi connectivity index (χ0) is 17.1. The van der Waals surface area contributed by atoms with Crippen molar-refractivity contribution in [3.8, 4) is 0 Å². The quantitative estimate of drug-likeness (QED) is 0.843. The van der Waals surface area contributed by atoms with E-state index in [1.807, 2.05) is 0 Å². The summed E-state index contributed by atoms with van der Waals surface area (Å²) in [6.07, 6.45) is -5.60. The summed E-state index contributed by atoms with van der Waals surface area (Å²) in [5.74, 6) is 0. The predicted molar refractivity (Wildman–Crippen MR) is 87.9 cm³/mol. The molecule has 1 atom stereocenters. The Morgan fingerprint density at radius 2 is 1.30 bits per heavy atom. The van der Waals surface area contributed by atoms with E-state index in [0.29, 0.717) is 10.6 Å². The third-order valence-electron chi connectivity index (χ3n) is 4.05. The topological polar surface area (TPSA) is 43.1 Å². The normalized spacial score (nSPS) is 15.2. The smallest absolute Gasteiger partial charge is 0.317 e. The molecule has 2 rings (SSSR count). The molecule has 0 bridgehead atoms. The van der Waals surface area contributed by atoms with Crippen LogP contribution in [0.3, 0.4) is 0 Å². The van der Waals surface area contributed by atoms with E-state index in [2.05, 4.69) is 0 Å². The van der Waals surface area contributed by atoms with Crippen LogP contribution in [0.2, 0.25) is 0 Å². The number of rotatable bonds is 5. The molecule has 0 spiro atoms. The molecule has 0 amide bonds. The lowest BCUT2D eigenvalue weighted by atomic mass is 10.00. The molecule has 0 saturated heterocycles. The van der Waals surface area contributed by atoms with Gasteiger partial charge in [0.15, 0.2) is 0 Å². The first-order chi connectivity index (χ1) is 10.7. The van der Waals surface area contributed by atoms with Crippen molar-refractivity contribution in [1.82, 2.24) is 0 Å². The molecule has 6 heteroatoms. The van der Waals surface area contributed by atoms with Gasteiger partial charge in [0.25, 0.3) is 0 Å². The Hall–Kier alpha value is -1.58. The fourth-order valence-corrected chi connectivity index (χ4v) is 5.64. The van der Waals surface area contributed by atoms with Gasteiger partial charge in [-0.05, 0) is 6.42 Å². The van der Waals surface area contributed by atoms with Gasteiger partial charge in [-0.1, -0.05) is 67.6 Å². The molecule has 0 aliphatic rings. The number of halogens is 3. The van der Waals surface area contributed by atoms with Crippen LogP contribution in [0, 0.1) is 0 Å². The standard InChI is InChI=1S/C17H19F3NOP/c1-2-16(21,17(18,19)20)13-23(22,14-9-5-3-6-10-14)15-11-7-4-8-12-15/h3-12H,2,13,21H2,1H3. The van der Waals surface area contributed by atoms with Crippen molar-refractivity contribution in [2.24, 2.45) is 5.73 Å². The average Bonchev–Trinajstić information content (AvgIpc) is 2.55. The molecule has 0 aromatic heterocycles. The highest BCUT2D eigenvalue weighted by atomic mass is 31.2. The second kappa shape index (κ2) is 6.50. The summed E-state index contributed by atoms with van der Waals surface area (Å²) in [7, 11) is -3.50. The molecular weight excluding hydrogens is 322 g/mol. The predicted octanol–water partition coefficient (Wildman–Crippen LogP) is 3.67. The van der Waals surface area contributed by atoms with Gasteiger partial charge in [0, 0.05) is 16.8 Å². The molecule has 0 fully saturated rings. The van der Waals surface area contributed by atoms with Crippen molar-refractivity contribution < 1.29 is 17.7 Å². The van der Waals surface area contributed by atoms with E-state index in [9.17, 15) is 17.7 Å². The second-order valence-corrected chi connectivity index (χ2v) is 8.40. The van der Waals surface area contributed by atoms with Gasteiger partial charge in [0.2, 0.25) is 0 Å². The van der Waals surface area contributed by atoms with Gasteiger partial charge in [-0.3, -0.25) is 0 Å². The van der Waals surface area contributed by atoms with Gasteiger partial charge in [-0.25, -0.2) is 0 Å². The Kier molecular flexibility index (Phi) is 5.02. The first-order valence-electron chi connectivity index (χ1n) is 7.29. The maximum absolute atomic E-state index is 13.7. The number of benzene rings is 2. The molecule has 2 N–H and O–H groups in total. The SMILES string of the molecule is CCC(N)(CP(=O)(c1ccccc1)c1ccccc1)C(F)(F)F. The van der Waals surface area contributed by atoms with E-state index in [0.717, 1.165) is 0 Å². The molecule has 2 aromatic rings. The minimum absolute atomic E-state index is 0.333. The molecule has 1 unspecified atom stereocenters. The summed E-state index contributed by atoms with van der Waals surface area (Å²) in [4.78, 5) is 0. The van der Waals surface area contributed by atoms with Gasteiger partial charge in [-0.2, -0.15) is 13.2 Å². The first kappa shape index (κ1) is 17.8. The van der Waals surface area contributed by atoms with E-state index < -0.39 is 25.0 Å². The molecule has 0 heterocycles. The van der Waals surface area contributed by atoms with Crippen molar-refractivity contribution in [2.45, 2.75) is 25.1 Å². The van der Waals surface area contributed by atoms with E-state index in [1.54, 1.807) is 60.7 Å². The molecule has 0 aliphatic carbocycles. The Morgan fingerprint density at radius 1 is 0.913 bits per heavy atom. The van der Waals surface area contributed by atoms with Gasteiger partial charge in [-0.15, -0.1) is 0 Å². The lowest BCUT2D eigenvalue weighted by Gasteiger charge is -2.34. The van der Waals surface area contributed by atoms with Crippen LogP contribution >= 0.6 is 7.14 Å². The van der Waals surface area contributed by atoms with Crippen LogP contribution in [-0.4, -0.2) is 17.9 Å². The number of hydrogen-bond acceptors (Lipinski definition) is 2. The van der Waals surface area contributed by atoms with Crippen LogP contribution in [0.25, 0.3) is 0 Å². The Morgan fingerprint density at radius 3 is 1.61 bits per heavy atom. The number of nitrogens with two attached hydrogens (primary N) is 1. The summed E-state index contributed by atoms with van der Waals surface area (Å²) in [5.41, 5.74) is 3.15. The van der Waals surface area contributed by atoms with Crippen molar-refractivity contribution in [1.29, 1.82) is 0 Å². The Bertz CT molecular complexity index is 644. The molecule has 2 aromatic carbocycles. The fourth-order valence-electron chi connectivity index (χ4n) is 2.47. The third-order valence-corrected chi connectivity index (χ3v) is 7.32. The summed E-state index contributed by atoms with van der Waals surface area (Å²) < 4.78 is 53.9. The minimum atomic E-state index is -4.62. The van der Waals surface area contributed by atoms with E-state index in [1.165, 1.54) is 6.92 Å². The van der Waals surface area contributed by atoms with Gasteiger partial charge >= 0.3 is 6.18 Å². The maximum atomic E-state index is 13.7. The first-order valence-corrected chi connectivity index (χ1v) is 9.18. The van der Waals surface area contributed by atoms with Crippen LogP contribution in [0.1, 0.15) is 13.3 Å². The number of hydrogen-bond donors (Lipinski definition) is 1. The highest BCUT2D eigenvalue weighted by Gasteiger charge is 2.54. The second-order valence-electron chi connectivity index (χ2n) is 5.58. The third kappa shape index (κ3) is 3.51.